The molecule has 88 valence electrons. The first-order valence-corrected chi connectivity index (χ1v) is 7.73. The van der Waals surface area contributed by atoms with E-state index in [0.29, 0.717) is 0 Å². The first kappa shape index (κ1) is 11.7. The van der Waals surface area contributed by atoms with E-state index in [9.17, 15) is 8.42 Å². The van der Waals surface area contributed by atoms with E-state index in [-0.39, 0.29) is 16.7 Å². The highest BCUT2D eigenvalue weighted by molar-refractivity contribution is 7.90. The lowest BCUT2D eigenvalue weighted by Gasteiger charge is -2.19. The van der Waals surface area contributed by atoms with Crippen LogP contribution in [0.1, 0.15) is 44.9 Å². The lowest BCUT2D eigenvalue weighted by Crippen LogP contribution is -2.42. The predicted octanol–water partition coefficient (Wildman–Crippen LogP) is 2.01. The van der Waals surface area contributed by atoms with Gasteiger partial charge in [0.15, 0.2) is 0 Å². The van der Waals surface area contributed by atoms with Gasteiger partial charge in [-0.2, -0.15) is 0 Å². The van der Waals surface area contributed by atoms with Crippen molar-refractivity contribution in [1.82, 2.24) is 4.72 Å². The van der Waals surface area contributed by atoms with Crippen molar-refractivity contribution < 1.29 is 8.42 Å². The topological polar surface area (TPSA) is 46.2 Å². The minimum atomic E-state index is -3.11. The van der Waals surface area contributed by atoms with Crippen molar-refractivity contribution >= 4 is 21.6 Å². The van der Waals surface area contributed by atoms with Crippen LogP contribution in [0.15, 0.2) is 0 Å². The van der Waals surface area contributed by atoms with Gasteiger partial charge in [-0.15, -0.1) is 11.6 Å². The zero-order chi connectivity index (χ0) is 10.9. The van der Waals surface area contributed by atoms with Crippen molar-refractivity contribution in [3.05, 3.63) is 0 Å². The Kier molecular flexibility index (Phi) is 3.58. The van der Waals surface area contributed by atoms with Crippen molar-refractivity contribution in [2.45, 2.75) is 61.6 Å². The van der Waals surface area contributed by atoms with E-state index < -0.39 is 10.0 Å². The Balaban J connectivity index is 1.97. The molecule has 0 bridgehead atoms. The summed E-state index contributed by atoms with van der Waals surface area (Å²) in [6, 6.07) is -0.0303. The number of rotatable bonds is 3. The summed E-state index contributed by atoms with van der Waals surface area (Å²) in [5, 5.41) is -0.178. The van der Waals surface area contributed by atoms with Crippen molar-refractivity contribution in [3.63, 3.8) is 0 Å². The van der Waals surface area contributed by atoms with Crippen molar-refractivity contribution in [2.24, 2.45) is 0 Å². The number of nitrogens with one attached hydrogen (secondary N) is 1. The molecule has 0 saturated heterocycles. The molecule has 15 heavy (non-hydrogen) atoms. The maximum atomic E-state index is 12.0. The third-order valence-corrected chi connectivity index (χ3v) is 5.99. The van der Waals surface area contributed by atoms with Crippen LogP contribution in [0.25, 0.3) is 0 Å². The fourth-order valence-electron chi connectivity index (χ4n) is 2.55. The maximum Gasteiger partial charge on any atom is 0.214 e. The summed E-state index contributed by atoms with van der Waals surface area (Å²) in [6.07, 6.45) is 6.57. The van der Waals surface area contributed by atoms with Crippen molar-refractivity contribution in [2.75, 3.05) is 0 Å². The van der Waals surface area contributed by atoms with Gasteiger partial charge in [0.25, 0.3) is 0 Å². The lowest BCUT2D eigenvalue weighted by molar-refractivity contribution is 0.539. The molecule has 0 aromatic carbocycles. The first-order valence-electron chi connectivity index (χ1n) is 5.75. The second-order valence-electron chi connectivity index (χ2n) is 4.62. The molecule has 1 N–H and O–H groups in total. The van der Waals surface area contributed by atoms with Crippen LogP contribution in [0.3, 0.4) is 0 Å². The van der Waals surface area contributed by atoms with Crippen molar-refractivity contribution in [3.8, 4) is 0 Å². The molecule has 2 unspecified atom stereocenters. The second-order valence-corrected chi connectivity index (χ2v) is 7.18. The molecule has 0 radical (unpaired) electrons. The van der Waals surface area contributed by atoms with E-state index in [1.807, 2.05) is 0 Å². The Morgan fingerprint density at radius 3 is 2.20 bits per heavy atom. The molecule has 2 rings (SSSR count). The quantitative estimate of drug-likeness (QED) is 0.780. The Labute approximate surface area is 96.6 Å². The Morgan fingerprint density at radius 2 is 1.67 bits per heavy atom. The van der Waals surface area contributed by atoms with E-state index in [1.54, 1.807) is 0 Å². The third kappa shape index (κ3) is 2.66. The largest absolute Gasteiger partial charge is 0.214 e. The van der Waals surface area contributed by atoms with Crippen LogP contribution >= 0.6 is 11.6 Å². The molecule has 2 aliphatic carbocycles. The molecule has 0 spiro atoms. The highest BCUT2D eigenvalue weighted by Crippen LogP contribution is 2.28. The SMILES string of the molecule is O=S(=O)(NC1CCCC1Cl)C1CCCC1. The zero-order valence-corrected chi connectivity index (χ0v) is 10.4. The molecule has 2 fully saturated rings. The van der Waals surface area contributed by atoms with E-state index >= 15 is 0 Å². The lowest BCUT2D eigenvalue weighted by atomic mass is 10.3. The Morgan fingerprint density at radius 1 is 1.00 bits per heavy atom. The molecule has 0 aromatic heterocycles. The normalized spacial score (nSPS) is 33.7. The molecule has 0 aromatic rings. The minimum Gasteiger partial charge on any atom is -0.212 e. The van der Waals surface area contributed by atoms with Gasteiger partial charge in [0.05, 0.1) is 5.25 Å². The van der Waals surface area contributed by atoms with Crippen LogP contribution < -0.4 is 4.72 Å². The van der Waals surface area contributed by atoms with Crippen LogP contribution in [-0.2, 0) is 10.0 Å². The fraction of sp³-hybridized carbons (Fsp3) is 1.00. The molecular formula is C10H18ClNO2S. The average Bonchev–Trinajstić information content (AvgIpc) is 2.77. The highest BCUT2D eigenvalue weighted by Gasteiger charge is 2.34. The van der Waals surface area contributed by atoms with Gasteiger partial charge >= 0.3 is 0 Å². The second kappa shape index (κ2) is 4.60. The number of halogens is 1. The number of hydrogen-bond acceptors (Lipinski definition) is 2. The number of sulfonamides is 1. The Hall–Kier alpha value is 0.200. The minimum absolute atomic E-state index is 0.0128. The molecule has 0 aliphatic heterocycles. The molecular weight excluding hydrogens is 234 g/mol. The van der Waals surface area contributed by atoms with Gasteiger partial charge in [0.2, 0.25) is 10.0 Å². The smallest absolute Gasteiger partial charge is 0.212 e. The van der Waals surface area contributed by atoms with Crippen LogP contribution in [0.4, 0.5) is 0 Å². The van der Waals surface area contributed by atoms with E-state index in [0.717, 1.165) is 44.9 Å². The summed E-state index contributed by atoms with van der Waals surface area (Å²) in [4.78, 5) is 0. The van der Waals surface area contributed by atoms with Crippen LogP contribution in [-0.4, -0.2) is 25.1 Å². The molecule has 2 aliphatic rings. The van der Waals surface area contributed by atoms with E-state index in [1.165, 1.54) is 0 Å². The van der Waals surface area contributed by atoms with Gasteiger partial charge in [0, 0.05) is 11.4 Å². The third-order valence-electron chi connectivity index (χ3n) is 3.49. The number of alkyl halides is 1. The summed E-state index contributed by atoms with van der Waals surface area (Å²) in [5.41, 5.74) is 0. The number of hydrogen-bond donors (Lipinski definition) is 1. The van der Waals surface area contributed by atoms with Gasteiger partial charge < -0.3 is 0 Å². The van der Waals surface area contributed by atoms with E-state index in [4.69, 9.17) is 11.6 Å². The first-order chi connectivity index (χ1) is 7.09. The molecule has 2 saturated carbocycles. The molecule has 2 atom stereocenters. The van der Waals surface area contributed by atoms with Gasteiger partial charge in [-0.05, 0) is 25.7 Å². The van der Waals surface area contributed by atoms with Gasteiger partial charge in [-0.25, -0.2) is 13.1 Å². The standard InChI is InChI=1S/C10H18ClNO2S/c11-9-6-3-7-10(9)12-15(13,14)8-4-1-2-5-8/h8-10,12H,1-7H2. The average molecular weight is 252 g/mol. The molecule has 3 nitrogen and oxygen atoms in total. The van der Waals surface area contributed by atoms with Gasteiger partial charge in [-0.3, -0.25) is 0 Å². The Bertz CT molecular complexity index is 311. The summed E-state index contributed by atoms with van der Waals surface area (Å²) >= 11 is 6.06. The highest BCUT2D eigenvalue weighted by atomic mass is 35.5. The van der Waals surface area contributed by atoms with Crippen LogP contribution in [0.2, 0.25) is 0 Å². The summed E-state index contributed by atoms with van der Waals surface area (Å²) < 4.78 is 26.7. The zero-order valence-electron chi connectivity index (χ0n) is 8.78. The van der Waals surface area contributed by atoms with Crippen LogP contribution in [0, 0.1) is 0 Å². The molecule has 0 amide bonds. The summed E-state index contributed by atoms with van der Waals surface area (Å²) in [7, 11) is -3.11. The summed E-state index contributed by atoms with van der Waals surface area (Å²) in [5.74, 6) is 0. The molecule has 0 heterocycles. The van der Waals surface area contributed by atoms with Crippen LogP contribution in [0.5, 0.6) is 0 Å². The van der Waals surface area contributed by atoms with Gasteiger partial charge in [-0.1, -0.05) is 19.3 Å². The van der Waals surface area contributed by atoms with Crippen molar-refractivity contribution in [1.29, 1.82) is 0 Å². The van der Waals surface area contributed by atoms with E-state index in [2.05, 4.69) is 4.72 Å². The monoisotopic (exact) mass is 251 g/mol. The fourth-order valence-corrected chi connectivity index (χ4v) is 4.82. The summed E-state index contributed by atoms with van der Waals surface area (Å²) in [6.45, 7) is 0. The maximum absolute atomic E-state index is 12.0. The molecule has 5 heteroatoms. The predicted molar refractivity (Wildman–Crippen MR) is 61.6 cm³/mol. The van der Waals surface area contributed by atoms with Gasteiger partial charge in [0.1, 0.15) is 0 Å².